The monoisotopic (exact) mass is 299 g/mol. The van der Waals surface area contributed by atoms with Gasteiger partial charge < -0.3 is 15.7 Å². The molecule has 0 aliphatic carbocycles. The van der Waals surface area contributed by atoms with Gasteiger partial charge in [0.1, 0.15) is 5.69 Å². The minimum atomic E-state index is -0.675. The van der Waals surface area contributed by atoms with Gasteiger partial charge in [-0.3, -0.25) is 14.9 Å². The molecule has 1 fully saturated rings. The molecule has 1 saturated heterocycles. The van der Waals surface area contributed by atoms with Gasteiger partial charge in [0, 0.05) is 18.2 Å². The number of carbonyl (C=O) groups is 1. The largest absolute Gasteiger partial charge is 0.394 e. The van der Waals surface area contributed by atoms with Gasteiger partial charge in [0.15, 0.2) is 0 Å². The van der Waals surface area contributed by atoms with Crippen LogP contribution in [0.2, 0.25) is 5.02 Å². The zero-order chi connectivity index (χ0) is 14.9. The fourth-order valence-electron chi connectivity index (χ4n) is 2.34. The molecule has 8 heteroatoms. The second-order valence-electron chi connectivity index (χ2n) is 4.63. The van der Waals surface area contributed by atoms with Crippen LogP contribution in [0.3, 0.4) is 0 Å². The molecule has 2 rings (SSSR count). The molecule has 1 amide bonds. The summed E-state index contributed by atoms with van der Waals surface area (Å²) in [5.74, 6) is -0.383. The topological polar surface area (TPSA) is 110 Å². The van der Waals surface area contributed by atoms with Crippen molar-refractivity contribution in [2.75, 3.05) is 18.9 Å². The highest BCUT2D eigenvalue weighted by molar-refractivity contribution is 6.34. The first-order valence-corrected chi connectivity index (χ1v) is 6.48. The molecule has 1 aromatic rings. The Morgan fingerprint density at radius 3 is 2.90 bits per heavy atom. The number of anilines is 1. The number of nitrogens with zero attached hydrogens (tertiary/aromatic N) is 2. The van der Waals surface area contributed by atoms with E-state index in [2.05, 4.69) is 0 Å². The van der Waals surface area contributed by atoms with Gasteiger partial charge in [0.2, 0.25) is 0 Å². The maximum Gasteiger partial charge on any atom is 0.294 e. The maximum absolute atomic E-state index is 12.3. The summed E-state index contributed by atoms with van der Waals surface area (Å²) in [7, 11) is 0. The third kappa shape index (κ3) is 2.54. The van der Waals surface area contributed by atoms with Gasteiger partial charge in [0.25, 0.3) is 11.6 Å². The van der Waals surface area contributed by atoms with Crippen molar-refractivity contribution in [2.45, 2.75) is 18.9 Å². The van der Waals surface area contributed by atoms with Crippen molar-refractivity contribution in [1.29, 1.82) is 0 Å². The lowest BCUT2D eigenvalue weighted by atomic mass is 10.1. The fraction of sp³-hybridized carbons (Fsp3) is 0.417. The van der Waals surface area contributed by atoms with Crippen LogP contribution in [-0.4, -0.2) is 40.0 Å². The highest BCUT2D eigenvalue weighted by Crippen LogP contribution is 2.32. The number of halogens is 1. The number of benzene rings is 1. The quantitative estimate of drug-likeness (QED) is 0.498. The van der Waals surface area contributed by atoms with E-state index in [1.165, 1.54) is 11.0 Å². The Hall–Kier alpha value is -1.86. The van der Waals surface area contributed by atoms with Crippen LogP contribution in [0.4, 0.5) is 11.4 Å². The average molecular weight is 300 g/mol. The standard InChI is InChI=1S/C12H14ClN3O4/c13-9-4-7(5-10(11(9)14)16(19)20)12(18)15-3-1-2-8(15)6-17/h4-5,8,17H,1-3,6,14H2. The molecular weight excluding hydrogens is 286 g/mol. The molecule has 108 valence electrons. The predicted octanol–water partition coefficient (Wildman–Crippen LogP) is 1.43. The van der Waals surface area contributed by atoms with Gasteiger partial charge in [-0.15, -0.1) is 0 Å². The smallest absolute Gasteiger partial charge is 0.294 e. The number of amides is 1. The van der Waals surface area contributed by atoms with E-state index in [0.29, 0.717) is 13.0 Å². The number of aliphatic hydroxyl groups excluding tert-OH is 1. The number of nitro groups is 1. The van der Waals surface area contributed by atoms with Gasteiger partial charge in [0.05, 0.1) is 22.6 Å². The van der Waals surface area contributed by atoms with E-state index in [9.17, 15) is 20.0 Å². The molecule has 1 aliphatic rings. The molecule has 7 nitrogen and oxygen atoms in total. The number of nitro benzene ring substituents is 1. The van der Waals surface area contributed by atoms with Crippen LogP contribution in [0.1, 0.15) is 23.2 Å². The molecule has 0 bridgehead atoms. The molecule has 20 heavy (non-hydrogen) atoms. The molecule has 3 N–H and O–H groups in total. The van der Waals surface area contributed by atoms with Gasteiger partial charge in [-0.05, 0) is 18.9 Å². The number of aliphatic hydroxyl groups is 1. The van der Waals surface area contributed by atoms with E-state index in [-0.39, 0.29) is 40.5 Å². The second-order valence-corrected chi connectivity index (χ2v) is 5.03. The number of hydrogen-bond donors (Lipinski definition) is 2. The Labute approximate surface area is 120 Å². The van der Waals surface area contributed by atoms with Crippen LogP contribution in [0.15, 0.2) is 12.1 Å². The summed E-state index contributed by atoms with van der Waals surface area (Å²) < 4.78 is 0. The van der Waals surface area contributed by atoms with Crippen molar-refractivity contribution < 1.29 is 14.8 Å². The maximum atomic E-state index is 12.3. The molecule has 0 radical (unpaired) electrons. The lowest BCUT2D eigenvalue weighted by Gasteiger charge is -2.23. The fourth-order valence-corrected chi connectivity index (χ4v) is 2.55. The minimum Gasteiger partial charge on any atom is -0.394 e. The molecular formula is C12H14ClN3O4. The Bertz CT molecular complexity index is 564. The van der Waals surface area contributed by atoms with E-state index >= 15 is 0 Å². The lowest BCUT2D eigenvalue weighted by Crippen LogP contribution is -2.37. The molecule has 1 heterocycles. The SMILES string of the molecule is Nc1c(Cl)cc(C(=O)N2CCCC2CO)cc1[N+](=O)[O-]. The molecule has 0 spiro atoms. The first-order chi connectivity index (χ1) is 9.45. The van der Waals surface area contributed by atoms with Crippen molar-refractivity contribution >= 4 is 28.9 Å². The van der Waals surface area contributed by atoms with Crippen molar-refractivity contribution in [3.63, 3.8) is 0 Å². The summed E-state index contributed by atoms with van der Waals surface area (Å²) in [6.45, 7) is 0.385. The van der Waals surface area contributed by atoms with Crippen molar-refractivity contribution in [3.05, 3.63) is 32.8 Å². The summed E-state index contributed by atoms with van der Waals surface area (Å²) >= 11 is 5.83. The van der Waals surface area contributed by atoms with Gasteiger partial charge in [-0.2, -0.15) is 0 Å². The van der Waals surface area contributed by atoms with Crippen molar-refractivity contribution in [3.8, 4) is 0 Å². The highest BCUT2D eigenvalue weighted by Gasteiger charge is 2.30. The second kappa shape index (κ2) is 5.64. The molecule has 1 aliphatic heterocycles. The van der Waals surface area contributed by atoms with E-state index in [0.717, 1.165) is 12.5 Å². The van der Waals surface area contributed by atoms with E-state index in [1.807, 2.05) is 0 Å². The summed E-state index contributed by atoms with van der Waals surface area (Å²) in [5, 5.41) is 20.1. The Kier molecular flexibility index (Phi) is 4.10. The van der Waals surface area contributed by atoms with Crippen LogP contribution in [0.5, 0.6) is 0 Å². The van der Waals surface area contributed by atoms with E-state index < -0.39 is 4.92 Å². The Balaban J connectivity index is 2.37. The number of likely N-dealkylation sites (tertiary alicyclic amines) is 1. The van der Waals surface area contributed by atoms with Crippen LogP contribution in [0.25, 0.3) is 0 Å². The van der Waals surface area contributed by atoms with Gasteiger partial charge >= 0.3 is 0 Å². The Morgan fingerprint density at radius 1 is 1.60 bits per heavy atom. The van der Waals surface area contributed by atoms with Crippen LogP contribution >= 0.6 is 11.6 Å². The average Bonchev–Trinajstić information content (AvgIpc) is 2.88. The normalized spacial score (nSPS) is 18.3. The third-order valence-electron chi connectivity index (χ3n) is 3.40. The first-order valence-electron chi connectivity index (χ1n) is 6.11. The lowest BCUT2D eigenvalue weighted by molar-refractivity contribution is -0.383. The zero-order valence-corrected chi connectivity index (χ0v) is 11.3. The summed E-state index contributed by atoms with van der Waals surface area (Å²) in [6.07, 6.45) is 1.51. The third-order valence-corrected chi connectivity index (χ3v) is 3.71. The number of nitrogens with two attached hydrogens (primary N) is 1. The molecule has 1 unspecified atom stereocenters. The highest BCUT2D eigenvalue weighted by atomic mass is 35.5. The summed E-state index contributed by atoms with van der Waals surface area (Å²) in [5.41, 5.74) is 5.08. The van der Waals surface area contributed by atoms with Crippen LogP contribution in [-0.2, 0) is 0 Å². The first kappa shape index (κ1) is 14.5. The molecule has 0 aromatic heterocycles. The summed E-state index contributed by atoms with van der Waals surface area (Å²) in [6, 6.07) is 2.19. The van der Waals surface area contributed by atoms with Crippen molar-refractivity contribution in [1.82, 2.24) is 4.90 Å². The Morgan fingerprint density at radius 2 is 2.30 bits per heavy atom. The molecule has 1 atom stereocenters. The predicted molar refractivity (Wildman–Crippen MR) is 73.7 cm³/mol. The number of nitrogen functional groups attached to an aromatic ring is 1. The van der Waals surface area contributed by atoms with Crippen LogP contribution < -0.4 is 5.73 Å². The zero-order valence-electron chi connectivity index (χ0n) is 10.6. The van der Waals surface area contributed by atoms with Crippen molar-refractivity contribution in [2.24, 2.45) is 0 Å². The van der Waals surface area contributed by atoms with Gasteiger partial charge in [-0.1, -0.05) is 11.6 Å². The van der Waals surface area contributed by atoms with E-state index in [1.54, 1.807) is 0 Å². The van der Waals surface area contributed by atoms with Crippen LogP contribution in [0, 0.1) is 10.1 Å². The number of hydrogen-bond acceptors (Lipinski definition) is 5. The minimum absolute atomic E-state index is 0.0257. The summed E-state index contributed by atoms with van der Waals surface area (Å²) in [4.78, 5) is 24.1. The number of rotatable bonds is 3. The van der Waals surface area contributed by atoms with Gasteiger partial charge in [-0.25, -0.2) is 0 Å². The number of carbonyl (C=O) groups excluding carboxylic acids is 1. The molecule has 0 saturated carbocycles. The molecule has 1 aromatic carbocycles. The van der Waals surface area contributed by atoms with E-state index in [4.69, 9.17) is 17.3 Å².